The van der Waals surface area contributed by atoms with E-state index in [-0.39, 0.29) is 0 Å². The van der Waals surface area contributed by atoms with Crippen molar-refractivity contribution in [2.75, 3.05) is 0 Å². The highest BCUT2D eigenvalue weighted by Gasteiger charge is 2.45. The zero-order valence-electron chi connectivity index (χ0n) is 7.60. The predicted molar refractivity (Wildman–Crippen MR) is 46.8 cm³/mol. The van der Waals surface area contributed by atoms with Gasteiger partial charge in [0.25, 0.3) is 0 Å². The largest absolute Gasteiger partial charge is 0.388 e. The third-order valence-corrected chi connectivity index (χ3v) is 2.80. The van der Waals surface area contributed by atoms with E-state index in [1.165, 1.54) is 6.20 Å². The van der Waals surface area contributed by atoms with Gasteiger partial charge in [0.2, 0.25) is 0 Å². The minimum absolute atomic E-state index is 0.313. The van der Waals surface area contributed by atoms with Gasteiger partial charge in [-0.2, -0.15) is 0 Å². The van der Waals surface area contributed by atoms with Gasteiger partial charge in [0, 0.05) is 6.07 Å². The fourth-order valence-corrected chi connectivity index (χ4v) is 1.60. The van der Waals surface area contributed by atoms with E-state index < -0.39 is 11.6 Å². The molecule has 0 amide bonds. The molecular formula is C9H14N2O2. The summed E-state index contributed by atoms with van der Waals surface area (Å²) in [5.41, 5.74) is 5.01. The third-order valence-electron chi connectivity index (χ3n) is 2.80. The van der Waals surface area contributed by atoms with Gasteiger partial charge in [-0.1, -0.05) is 5.16 Å². The lowest BCUT2D eigenvalue weighted by atomic mass is 9.90. The van der Waals surface area contributed by atoms with Gasteiger partial charge >= 0.3 is 0 Å². The highest BCUT2D eigenvalue weighted by atomic mass is 16.5. The van der Waals surface area contributed by atoms with Gasteiger partial charge in [0.1, 0.15) is 0 Å². The Morgan fingerprint density at radius 1 is 1.77 bits per heavy atom. The zero-order chi connectivity index (χ0) is 9.47. The molecule has 2 unspecified atom stereocenters. The maximum Gasteiger partial charge on any atom is 0.156 e. The van der Waals surface area contributed by atoms with E-state index >= 15 is 0 Å². The first-order valence-corrected chi connectivity index (χ1v) is 4.51. The van der Waals surface area contributed by atoms with E-state index in [4.69, 9.17) is 10.3 Å². The van der Waals surface area contributed by atoms with Crippen molar-refractivity contribution in [3.63, 3.8) is 0 Å². The Morgan fingerprint density at radius 2 is 2.46 bits per heavy atom. The van der Waals surface area contributed by atoms with E-state index in [0.717, 1.165) is 12.8 Å². The van der Waals surface area contributed by atoms with Crippen LogP contribution in [-0.4, -0.2) is 15.9 Å². The number of hydrogen-bond donors (Lipinski definition) is 2. The van der Waals surface area contributed by atoms with Crippen LogP contribution in [0.5, 0.6) is 0 Å². The first-order chi connectivity index (χ1) is 6.12. The van der Waals surface area contributed by atoms with E-state index in [1.54, 1.807) is 13.0 Å². The molecule has 1 saturated carbocycles. The number of aromatic nitrogens is 1. The number of aliphatic hydroxyl groups is 1. The van der Waals surface area contributed by atoms with Crippen molar-refractivity contribution in [3.05, 3.63) is 18.0 Å². The van der Waals surface area contributed by atoms with E-state index in [0.29, 0.717) is 11.7 Å². The predicted octanol–water partition coefficient (Wildman–Crippen LogP) is 0.835. The summed E-state index contributed by atoms with van der Waals surface area (Å²) in [6, 6.07) is 1.23. The molecule has 0 spiro atoms. The molecule has 2 atom stereocenters. The van der Waals surface area contributed by atoms with E-state index in [9.17, 15) is 5.11 Å². The van der Waals surface area contributed by atoms with Crippen molar-refractivity contribution in [1.82, 2.24) is 5.16 Å². The molecule has 0 aromatic carbocycles. The van der Waals surface area contributed by atoms with Gasteiger partial charge in [-0.05, 0) is 25.7 Å². The van der Waals surface area contributed by atoms with Crippen LogP contribution in [-0.2, 0) is 0 Å². The number of nitrogens with zero attached hydrogens (tertiary/aromatic N) is 1. The van der Waals surface area contributed by atoms with Crippen LogP contribution in [0.25, 0.3) is 0 Å². The Labute approximate surface area is 76.7 Å². The van der Waals surface area contributed by atoms with Crippen LogP contribution in [0.15, 0.2) is 16.8 Å². The molecule has 1 fully saturated rings. The summed E-state index contributed by atoms with van der Waals surface area (Å²) < 4.78 is 4.92. The van der Waals surface area contributed by atoms with Crippen molar-refractivity contribution in [1.29, 1.82) is 0 Å². The fourth-order valence-electron chi connectivity index (χ4n) is 1.60. The standard InChI is InChI=1S/C9H14N2O2/c1-9(12,6-2-3-6)8(10)7-4-5-11-13-7/h4-6,8,12H,2-3,10H2,1H3. The van der Waals surface area contributed by atoms with Gasteiger partial charge in [-0.25, -0.2) is 0 Å². The number of hydrogen-bond acceptors (Lipinski definition) is 4. The minimum atomic E-state index is -0.862. The second-order valence-corrected chi connectivity index (χ2v) is 3.89. The van der Waals surface area contributed by atoms with Crippen LogP contribution in [0.1, 0.15) is 31.6 Å². The summed E-state index contributed by atoms with van der Waals surface area (Å²) in [6.07, 6.45) is 3.64. The van der Waals surface area contributed by atoms with Crippen LogP contribution in [0.2, 0.25) is 0 Å². The highest BCUT2D eigenvalue weighted by molar-refractivity contribution is 5.10. The number of rotatable bonds is 3. The summed E-state index contributed by atoms with van der Waals surface area (Å²) in [5, 5.41) is 13.7. The van der Waals surface area contributed by atoms with Gasteiger partial charge < -0.3 is 15.4 Å². The lowest BCUT2D eigenvalue weighted by Gasteiger charge is -2.28. The minimum Gasteiger partial charge on any atom is -0.388 e. The third kappa shape index (κ3) is 1.47. The summed E-state index contributed by atoms with van der Waals surface area (Å²) in [5.74, 6) is 0.865. The Balaban J connectivity index is 2.15. The highest BCUT2D eigenvalue weighted by Crippen LogP contribution is 2.44. The second kappa shape index (κ2) is 2.82. The lowest BCUT2D eigenvalue weighted by Crippen LogP contribution is -2.40. The van der Waals surface area contributed by atoms with Gasteiger partial charge in [0.15, 0.2) is 5.76 Å². The maximum absolute atomic E-state index is 10.1. The van der Waals surface area contributed by atoms with Crippen molar-refractivity contribution in [2.24, 2.45) is 11.7 Å². The zero-order valence-corrected chi connectivity index (χ0v) is 7.60. The monoisotopic (exact) mass is 182 g/mol. The first-order valence-electron chi connectivity index (χ1n) is 4.51. The van der Waals surface area contributed by atoms with Crippen LogP contribution in [0.4, 0.5) is 0 Å². The van der Waals surface area contributed by atoms with Crippen molar-refractivity contribution in [3.8, 4) is 0 Å². The Kier molecular flexibility index (Phi) is 1.89. The number of nitrogens with two attached hydrogens (primary N) is 1. The fraction of sp³-hybridized carbons (Fsp3) is 0.667. The molecule has 1 aromatic heterocycles. The van der Waals surface area contributed by atoms with Crippen molar-refractivity contribution < 1.29 is 9.63 Å². The molecule has 0 saturated heterocycles. The molecule has 4 heteroatoms. The first kappa shape index (κ1) is 8.72. The topological polar surface area (TPSA) is 72.3 Å². The smallest absolute Gasteiger partial charge is 0.156 e. The molecule has 72 valence electrons. The van der Waals surface area contributed by atoms with Crippen LogP contribution >= 0.6 is 0 Å². The normalized spacial score (nSPS) is 23.9. The van der Waals surface area contributed by atoms with Crippen LogP contribution in [0.3, 0.4) is 0 Å². The average molecular weight is 182 g/mol. The molecule has 1 aromatic rings. The van der Waals surface area contributed by atoms with Crippen LogP contribution in [0, 0.1) is 5.92 Å². The molecule has 3 N–H and O–H groups in total. The van der Waals surface area contributed by atoms with Crippen molar-refractivity contribution >= 4 is 0 Å². The molecule has 1 heterocycles. The summed E-state index contributed by atoms with van der Waals surface area (Å²) >= 11 is 0. The molecular weight excluding hydrogens is 168 g/mol. The average Bonchev–Trinajstić information content (AvgIpc) is 2.82. The lowest BCUT2D eigenvalue weighted by molar-refractivity contribution is 0.00207. The second-order valence-electron chi connectivity index (χ2n) is 3.89. The SMILES string of the molecule is CC(O)(C1CC1)C(N)c1ccno1. The van der Waals surface area contributed by atoms with E-state index in [2.05, 4.69) is 5.16 Å². The van der Waals surface area contributed by atoms with Crippen molar-refractivity contribution in [2.45, 2.75) is 31.4 Å². The van der Waals surface area contributed by atoms with Gasteiger partial charge in [0.05, 0.1) is 17.8 Å². The summed E-state index contributed by atoms with van der Waals surface area (Å²) in [7, 11) is 0. The molecule has 13 heavy (non-hydrogen) atoms. The van der Waals surface area contributed by atoms with E-state index in [1.807, 2.05) is 0 Å². The Bertz CT molecular complexity index is 278. The van der Waals surface area contributed by atoms with Gasteiger partial charge in [-0.15, -0.1) is 0 Å². The molecule has 1 aliphatic rings. The molecule has 2 rings (SSSR count). The Morgan fingerprint density at radius 3 is 2.92 bits per heavy atom. The molecule has 1 aliphatic carbocycles. The maximum atomic E-state index is 10.1. The molecule has 4 nitrogen and oxygen atoms in total. The Hall–Kier alpha value is -0.870. The van der Waals surface area contributed by atoms with Gasteiger partial charge in [-0.3, -0.25) is 0 Å². The summed E-state index contributed by atoms with van der Waals surface area (Å²) in [6.45, 7) is 1.76. The summed E-state index contributed by atoms with van der Waals surface area (Å²) in [4.78, 5) is 0. The molecule has 0 aliphatic heterocycles. The van der Waals surface area contributed by atoms with Crippen LogP contribution < -0.4 is 5.73 Å². The quantitative estimate of drug-likeness (QED) is 0.726. The molecule has 0 radical (unpaired) electrons. The molecule has 0 bridgehead atoms.